The summed E-state index contributed by atoms with van der Waals surface area (Å²) < 4.78 is 8.25. The van der Waals surface area contributed by atoms with Crippen molar-refractivity contribution in [3.63, 3.8) is 0 Å². The summed E-state index contributed by atoms with van der Waals surface area (Å²) in [4.78, 5) is 26.7. The number of carbonyl (C=O) groups is 2. The number of anilines is 2. The zero-order valence-corrected chi connectivity index (χ0v) is 11.7. The smallest absolute Gasteiger partial charge is 0.377 e. The van der Waals surface area contributed by atoms with Crippen LogP contribution in [0.25, 0.3) is 0 Å². The molecular formula is C12H12N4O3S. The van der Waals surface area contributed by atoms with E-state index < -0.39 is 12.0 Å². The van der Waals surface area contributed by atoms with E-state index in [0.29, 0.717) is 5.69 Å². The number of carbonyl (C=O) groups excluding carboxylic acids is 2. The maximum atomic E-state index is 11.7. The number of nitrogens with one attached hydrogen (secondary N) is 2. The number of hydrogen-bond donors (Lipinski definition) is 2. The molecule has 0 bridgehead atoms. The average molecular weight is 292 g/mol. The van der Waals surface area contributed by atoms with E-state index in [1.165, 1.54) is 7.11 Å². The van der Waals surface area contributed by atoms with Crippen LogP contribution >= 0.6 is 11.5 Å². The van der Waals surface area contributed by atoms with Crippen LogP contribution in [0.2, 0.25) is 0 Å². The highest BCUT2D eigenvalue weighted by molar-refractivity contribution is 7.10. The number of benzene rings is 1. The van der Waals surface area contributed by atoms with Crippen LogP contribution in [-0.4, -0.2) is 28.5 Å². The number of aromatic nitrogens is 2. The molecule has 104 valence electrons. The van der Waals surface area contributed by atoms with Crippen LogP contribution in [0.5, 0.6) is 0 Å². The lowest BCUT2D eigenvalue weighted by Gasteiger charge is -2.04. The molecule has 0 unspecified atom stereocenters. The Kier molecular flexibility index (Phi) is 4.26. The van der Waals surface area contributed by atoms with E-state index in [1.807, 2.05) is 19.1 Å². The molecule has 2 N–H and O–H groups in total. The van der Waals surface area contributed by atoms with Crippen LogP contribution in [0.3, 0.4) is 0 Å². The Balaban J connectivity index is 1.96. The second-order valence-electron chi connectivity index (χ2n) is 3.86. The van der Waals surface area contributed by atoms with Crippen molar-refractivity contribution in [2.45, 2.75) is 6.92 Å². The van der Waals surface area contributed by atoms with Crippen LogP contribution in [0, 0.1) is 6.92 Å². The van der Waals surface area contributed by atoms with Crippen molar-refractivity contribution < 1.29 is 14.3 Å². The lowest BCUT2D eigenvalue weighted by atomic mass is 10.2. The van der Waals surface area contributed by atoms with Gasteiger partial charge in [0.15, 0.2) is 0 Å². The lowest BCUT2D eigenvalue weighted by molar-refractivity contribution is 0.0588. The first-order chi connectivity index (χ1) is 9.58. The minimum absolute atomic E-state index is 0.0804. The first-order valence-corrected chi connectivity index (χ1v) is 6.42. The largest absolute Gasteiger partial charge is 0.463 e. The highest BCUT2D eigenvalue weighted by Gasteiger charge is 2.14. The predicted octanol–water partition coefficient (Wildman–Crippen LogP) is 2.28. The molecular weight excluding hydrogens is 280 g/mol. The molecule has 0 atom stereocenters. The fourth-order valence-electron chi connectivity index (χ4n) is 1.34. The van der Waals surface area contributed by atoms with Gasteiger partial charge in [0.2, 0.25) is 5.13 Å². The van der Waals surface area contributed by atoms with Gasteiger partial charge in [-0.3, -0.25) is 5.32 Å². The summed E-state index contributed by atoms with van der Waals surface area (Å²) in [5.74, 6) is -0.726. The van der Waals surface area contributed by atoms with Crippen molar-refractivity contribution >= 4 is 34.4 Å². The molecule has 0 radical (unpaired) electrons. The van der Waals surface area contributed by atoms with E-state index in [9.17, 15) is 9.59 Å². The van der Waals surface area contributed by atoms with E-state index >= 15 is 0 Å². The summed E-state index contributed by atoms with van der Waals surface area (Å²) >= 11 is 0.901. The zero-order valence-electron chi connectivity index (χ0n) is 10.8. The van der Waals surface area contributed by atoms with Crippen LogP contribution in [0.1, 0.15) is 16.2 Å². The fourth-order valence-corrected chi connectivity index (χ4v) is 1.90. The molecule has 0 aliphatic carbocycles. The number of hydrogen-bond acceptors (Lipinski definition) is 6. The highest BCUT2D eigenvalue weighted by Crippen LogP contribution is 2.13. The Morgan fingerprint density at radius 3 is 2.55 bits per heavy atom. The van der Waals surface area contributed by atoms with Crippen molar-refractivity contribution in [2.24, 2.45) is 0 Å². The number of methoxy groups -OCH3 is 1. The summed E-state index contributed by atoms with van der Waals surface area (Å²) in [6.07, 6.45) is 0. The molecule has 1 heterocycles. The Morgan fingerprint density at radius 2 is 1.90 bits per heavy atom. The quantitative estimate of drug-likeness (QED) is 0.846. The van der Waals surface area contributed by atoms with Crippen LogP contribution in [0.4, 0.5) is 15.6 Å². The molecule has 20 heavy (non-hydrogen) atoms. The normalized spacial score (nSPS) is 9.90. The average Bonchev–Trinajstić information content (AvgIpc) is 2.89. The molecule has 8 heteroatoms. The Morgan fingerprint density at radius 1 is 1.20 bits per heavy atom. The van der Waals surface area contributed by atoms with E-state index in [0.717, 1.165) is 17.1 Å². The van der Waals surface area contributed by atoms with Gasteiger partial charge in [0.1, 0.15) is 0 Å². The molecule has 0 saturated carbocycles. The van der Waals surface area contributed by atoms with E-state index in [1.54, 1.807) is 12.1 Å². The van der Waals surface area contributed by atoms with Gasteiger partial charge in [0.05, 0.1) is 7.11 Å². The Hall–Kier alpha value is -2.48. The van der Waals surface area contributed by atoms with Crippen LogP contribution in [-0.2, 0) is 4.74 Å². The summed E-state index contributed by atoms with van der Waals surface area (Å²) in [7, 11) is 1.24. The monoisotopic (exact) mass is 292 g/mol. The highest BCUT2D eigenvalue weighted by atomic mass is 32.1. The van der Waals surface area contributed by atoms with Crippen LogP contribution in [0.15, 0.2) is 24.3 Å². The molecule has 1 aromatic carbocycles. The van der Waals surface area contributed by atoms with Gasteiger partial charge in [0.25, 0.3) is 5.82 Å². The van der Waals surface area contributed by atoms with Crippen molar-refractivity contribution in [3.05, 3.63) is 35.7 Å². The van der Waals surface area contributed by atoms with Gasteiger partial charge in [-0.1, -0.05) is 17.7 Å². The molecule has 2 rings (SSSR count). The minimum atomic E-state index is -0.645. The van der Waals surface area contributed by atoms with Gasteiger partial charge in [-0.15, -0.1) is 0 Å². The molecule has 0 saturated heterocycles. The number of ether oxygens (including phenoxy) is 1. The SMILES string of the molecule is COC(=O)c1nsc(NC(=O)Nc2ccc(C)cc2)n1. The zero-order chi connectivity index (χ0) is 14.5. The van der Waals surface area contributed by atoms with Gasteiger partial charge in [-0.2, -0.15) is 9.36 Å². The van der Waals surface area contributed by atoms with E-state index in [4.69, 9.17) is 0 Å². The summed E-state index contributed by atoms with van der Waals surface area (Å²) in [6.45, 7) is 1.96. The molecule has 0 spiro atoms. The topological polar surface area (TPSA) is 93.2 Å². The van der Waals surface area contributed by atoms with Gasteiger partial charge in [-0.05, 0) is 19.1 Å². The third kappa shape index (κ3) is 3.51. The lowest BCUT2D eigenvalue weighted by Crippen LogP contribution is -2.19. The second kappa shape index (κ2) is 6.11. The van der Waals surface area contributed by atoms with Crippen molar-refractivity contribution in [1.82, 2.24) is 9.36 Å². The third-order valence-electron chi connectivity index (χ3n) is 2.32. The van der Waals surface area contributed by atoms with Crippen LogP contribution < -0.4 is 10.6 Å². The first-order valence-electron chi connectivity index (χ1n) is 5.65. The molecule has 0 aliphatic heterocycles. The third-order valence-corrected chi connectivity index (χ3v) is 2.95. The minimum Gasteiger partial charge on any atom is -0.463 e. The van der Waals surface area contributed by atoms with Gasteiger partial charge < -0.3 is 10.1 Å². The molecule has 7 nitrogen and oxygen atoms in total. The van der Waals surface area contributed by atoms with E-state index in [2.05, 4.69) is 24.7 Å². The van der Waals surface area contributed by atoms with Gasteiger partial charge >= 0.3 is 12.0 Å². The maximum Gasteiger partial charge on any atom is 0.377 e. The first kappa shape index (κ1) is 13.9. The van der Waals surface area contributed by atoms with Gasteiger partial charge in [0, 0.05) is 17.2 Å². The van der Waals surface area contributed by atoms with Crippen molar-refractivity contribution in [2.75, 3.05) is 17.7 Å². The summed E-state index contributed by atoms with van der Waals surface area (Å²) in [6, 6.07) is 6.89. The standard InChI is InChI=1S/C12H12N4O3S/c1-7-3-5-8(6-4-7)13-11(18)15-12-14-9(16-20-12)10(17)19-2/h3-6H,1-2H3,(H2,13,14,15,16,18). The van der Waals surface area contributed by atoms with Gasteiger partial charge in [-0.25, -0.2) is 9.59 Å². The summed E-state index contributed by atoms with van der Waals surface area (Å²) in [5, 5.41) is 5.35. The van der Waals surface area contributed by atoms with Crippen molar-refractivity contribution in [3.8, 4) is 0 Å². The number of urea groups is 1. The molecule has 0 fully saturated rings. The Bertz CT molecular complexity index is 624. The fraction of sp³-hybridized carbons (Fsp3) is 0.167. The number of esters is 1. The Labute approximate surface area is 119 Å². The molecule has 0 aliphatic rings. The van der Waals surface area contributed by atoms with Crippen molar-refractivity contribution in [1.29, 1.82) is 0 Å². The second-order valence-corrected chi connectivity index (χ2v) is 4.61. The predicted molar refractivity (Wildman–Crippen MR) is 75.1 cm³/mol. The molecule has 2 aromatic rings. The maximum absolute atomic E-state index is 11.7. The molecule has 1 aromatic heterocycles. The van der Waals surface area contributed by atoms with E-state index in [-0.39, 0.29) is 11.0 Å². The number of amides is 2. The summed E-state index contributed by atoms with van der Waals surface area (Å²) in [5.41, 5.74) is 1.76. The number of aryl methyl sites for hydroxylation is 1. The number of rotatable bonds is 3. The molecule has 2 amide bonds. The number of nitrogens with zero attached hydrogens (tertiary/aromatic N) is 2.